The topological polar surface area (TPSA) is 53.1 Å². The molecule has 0 radical (unpaired) electrons. The van der Waals surface area contributed by atoms with Crippen LogP contribution in [0, 0.1) is 6.92 Å². The zero-order chi connectivity index (χ0) is 11.8. The zero-order valence-electron chi connectivity index (χ0n) is 9.79. The lowest BCUT2D eigenvalue weighted by Gasteiger charge is -2.22. The maximum atomic E-state index is 6.27. The van der Waals surface area contributed by atoms with E-state index in [-0.39, 0.29) is 5.54 Å². The number of ether oxygens (including phenoxy) is 1. The highest BCUT2D eigenvalue weighted by Crippen LogP contribution is 2.27. The molecule has 4 nitrogen and oxygen atoms in total. The Bertz CT molecular complexity index is 383. The maximum absolute atomic E-state index is 6.27. The number of hydrogen-bond acceptors (Lipinski definition) is 3. The number of rotatable bonds is 3. The lowest BCUT2D eigenvalue weighted by Crippen LogP contribution is -2.43. The summed E-state index contributed by atoms with van der Waals surface area (Å²) in [6.07, 6.45) is 1.62. The van der Waals surface area contributed by atoms with Gasteiger partial charge in [-0.15, -0.1) is 0 Å². The first-order valence-corrected chi connectivity index (χ1v) is 6.02. The van der Waals surface area contributed by atoms with E-state index in [4.69, 9.17) is 22.1 Å². The van der Waals surface area contributed by atoms with Gasteiger partial charge in [-0.1, -0.05) is 11.6 Å². The molecular formula is C11H18ClN3O. The molecule has 1 saturated heterocycles. The predicted octanol–water partition coefficient (Wildman–Crippen LogP) is 1.53. The highest BCUT2D eigenvalue weighted by molar-refractivity contribution is 6.31. The van der Waals surface area contributed by atoms with Crippen LogP contribution < -0.4 is 5.73 Å². The highest BCUT2D eigenvalue weighted by Gasteiger charge is 2.33. The fourth-order valence-electron chi connectivity index (χ4n) is 2.13. The molecule has 0 bridgehead atoms. The molecule has 0 amide bonds. The van der Waals surface area contributed by atoms with Crippen molar-refractivity contribution in [3.05, 3.63) is 16.4 Å². The second-order valence-corrected chi connectivity index (χ2v) is 4.88. The molecule has 16 heavy (non-hydrogen) atoms. The minimum absolute atomic E-state index is 0.275. The molecule has 2 heterocycles. The molecule has 1 atom stereocenters. The first-order valence-electron chi connectivity index (χ1n) is 5.64. The molecule has 1 fully saturated rings. The predicted molar refractivity (Wildman–Crippen MR) is 63.7 cm³/mol. The lowest BCUT2D eigenvalue weighted by molar-refractivity contribution is 0.177. The summed E-state index contributed by atoms with van der Waals surface area (Å²) in [7, 11) is 0. The van der Waals surface area contributed by atoms with E-state index in [1.54, 1.807) is 0 Å². The molecule has 0 aliphatic carbocycles. The van der Waals surface area contributed by atoms with Gasteiger partial charge in [-0.3, -0.25) is 4.68 Å². The van der Waals surface area contributed by atoms with Crippen LogP contribution in [0.2, 0.25) is 5.02 Å². The molecule has 2 N–H and O–H groups in total. The summed E-state index contributed by atoms with van der Waals surface area (Å²) in [6.45, 7) is 6.15. The van der Waals surface area contributed by atoms with Gasteiger partial charge in [0.2, 0.25) is 0 Å². The number of nitrogens with two attached hydrogens (primary N) is 1. The third-order valence-electron chi connectivity index (χ3n) is 3.11. The van der Waals surface area contributed by atoms with E-state index in [0.29, 0.717) is 6.61 Å². The van der Waals surface area contributed by atoms with Crippen LogP contribution in [0.4, 0.5) is 0 Å². The highest BCUT2D eigenvalue weighted by atomic mass is 35.5. The van der Waals surface area contributed by atoms with Crippen molar-refractivity contribution in [2.75, 3.05) is 13.2 Å². The average molecular weight is 244 g/mol. The number of aromatic nitrogens is 2. The van der Waals surface area contributed by atoms with E-state index in [1.807, 2.05) is 11.6 Å². The Labute approximate surface area is 101 Å². The van der Waals surface area contributed by atoms with Crippen LogP contribution in [0.15, 0.2) is 0 Å². The number of hydrogen-bond donors (Lipinski definition) is 1. The van der Waals surface area contributed by atoms with Crippen molar-refractivity contribution in [2.45, 2.75) is 38.8 Å². The van der Waals surface area contributed by atoms with Crippen LogP contribution in [0.25, 0.3) is 0 Å². The summed E-state index contributed by atoms with van der Waals surface area (Å²) < 4.78 is 7.29. The van der Waals surface area contributed by atoms with Gasteiger partial charge in [0.05, 0.1) is 23.0 Å². The Morgan fingerprint density at radius 2 is 2.38 bits per heavy atom. The Morgan fingerprint density at radius 3 is 2.94 bits per heavy atom. The summed E-state index contributed by atoms with van der Waals surface area (Å²) in [5.41, 5.74) is 7.91. The molecule has 2 rings (SSSR count). The first kappa shape index (κ1) is 11.9. The molecule has 1 unspecified atom stereocenters. The molecule has 1 aromatic heterocycles. The van der Waals surface area contributed by atoms with Gasteiger partial charge < -0.3 is 10.5 Å². The van der Waals surface area contributed by atoms with E-state index in [2.05, 4.69) is 12.0 Å². The van der Waals surface area contributed by atoms with Crippen LogP contribution in [0.3, 0.4) is 0 Å². The van der Waals surface area contributed by atoms with Crippen LogP contribution in [-0.2, 0) is 17.7 Å². The molecule has 5 heteroatoms. The smallest absolute Gasteiger partial charge is 0.0847 e. The van der Waals surface area contributed by atoms with Crippen LogP contribution >= 0.6 is 11.6 Å². The van der Waals surface area contributed by atoms with Crippen molar-refractivity contribution < 1.29 is 4.74 Å². The van der Waals surface area contributed by atoms with Crippen LogP contribution in [-0.4, -0.2) is 28.5 Å². The van der Waals surface area contributed by atoms with Gasteiger partial charge in [0.25, 0.3) is 0 Å². The Morgan fingerprint density at radius 1 is 1.62 bits per heavy atom. The fraction of sp³-hybridized carbons (Fsp3) is 0.727. The zero-order valence-corrected chi connectivity index (χ0v) is 10.5. The van der Waals surface area contributed by atoms with Crippen molar-refractivity contribution in [3.8, 4) is 0 Å². The molecule has 1 aromatic rings. The minimum Gasteiger partial charge on any atom is -0.379 e. The third kappa shape index (κ3) is 2.10. The van der Waals surface area contributed by atoms with E-state index < -0.39 is 0 Å². The van der Waals surface area contributed by atoms with Gasteiger partial charge >= 0.3 is 0 Å². The summed E-state index contributed by atoms with van der Waals surface area (Å²) in [4.78, 5) is 0. The van der Waals surface area contributed by atoms with E-state index in [9.17, 15) is 0 Å². The van der Waals surface area contributed by atoms with Crippen molar-refractivity contribution in [2.24, 2.45) is 5.73 Å². The van der Waals surface area contributed by atoms with E-state index >= 15 is 0 Å². The summed E-state index contributed by atoms with van der Waals surface area (Å²) >= 11 is 6.25. The SMILES string of the molecule is CCn1nc(C)c(Cl)c1CC1(N)CCOC1. The van der Waals surface area contributed by atoms with Gasteiger partial charge in [0, 0.05) is 25.1 Å². The molecule has 0 saturated carbocycles. The average Bonchev–Trinajstić information content (AvgIpc) is 2.78. The van der Waals surface area contributed by atoms with Crippen molar-refractivity contribution in [1.82, 2.24) is 9.78 Å². The quantitative estimate of drug-likeness (QED) is 0.876. The van der Waals surface area contributed by atoms with Crippen molar-refractivity contribution in [3.63, 3.8) is 0 Å². The Kier molecular flexibility index (Phi) is 3.24. The number of nitrogens with zero attached hydrogens (tertiary/aromatic N) is 2. The normalized spacial score (nSPS) is 25.2. The second-order valence-electron chi connectivity index (χ2n) is 4.50. The fourth-order valence-corrected chi connectivity index (χ4v) is 2.34. The first-order chi connectivity index (χ1) is 7.56. The molecule has 1 aliphatic heterocycles. The Hall–Kier alpha value is -0.580. The third-order valence-corrected chi connectivity index (χ3v) is 3.60. The van der Waals surface area contributed by atoms with Gasteiger partial charge in [-0.25, -0.2) is 0 Å². The molecule has 0 spiro atoms. The minimum atomic E-state index is -0.275. The summed E-state index contributed by atoms with van der Waals surface area (Å²) in [5.74, 6) is 0. The van der Waals surface area contributed by atoms with Crippen LogP contribution in [0.1, 0.15) is 24.7 Å². The van der Waals surface area contributed by atoms with Gasteiger partial charge in [-0.2, -0.15) is 5.10 Å². The van der Waals surface area contributed by atoms with Gasteiger partial charge in [0.1, 0.15) is 0 Å². The molecular weight excluding hydrogens is 226 g/mol. The lowest BCUT2D eigenvalue weighted by atomic mass is 9.94. The van der Waals surface area contributed by atoms with Crippen LogP contribution in [0.5, 0.6) is 0 Å². The monoisotopic (exact) mass is 243 g/mol. The Balaban J connectivity index is 2.26. The second kappa shape index (κ2) is 4.35. The summed E-state index contributed by atoms with van der Waals surface area (Å²) in [5, 5.41) is 5.14. The summed E-state index contributed by atoms with van der Waals surface area (Å²) in [6, 6.07) is 0. The molecule has 1 aliphatic rings. The molecule has 0 aromatic carbocycles. The molecule has 90 valence electrons. The largest absolute Gasteiger partial charge is 0.379 e. The van der Waals surface area contributed by atoms with Gasteiger partial charge in [-0.05, 0) is 20.3 Å². The van der Waals surface area contributed by atoms with Crippen molar-refractivity contribution in [1.29, 1.82) is 0 Å². The van der Waals surface area contributed by atoms with E-state index in [0.717, 1.165) is 42.4 Å². The van der Waals surface area contributed by atoms with Gasteiger partial charge in [0.15, 0.2) is 0 Å². The maximum Gasteiger partial charge on any atom is 0.0847 e. The number of halogens is 1. The van der Waals surface area contributed by atoms with Crippen molar-refractivity contribution >= 4 is 11.6 Å². The number of aryl methyl sites for hydroxylation is 2. The standard InChI is InChI=1S/C11H18ClN3O/c1-3-15-9(10(12)8(2)14-15)6-11(13)4-5-16-7-11/h3-7,13H2,1-2H3. The van der Waals surface area contributed by atoms with E-state index in [1.165, 1.54) is 0 Å².